The van der Waals surface area contributed by atoms with Crippen molar-refractivity contribution in [3.05, 3.63) is 20.7 Å². The number of aliphatic imine (C=N–C) groups is 1. The van der Waals surface area contributed by atoms with E-state index in [1.54, 1.807) is 14.1 Å². The van der Waals surface area contributed by atoms with Crippen LogP contribution < -0.4 is 10.9 Å². The summed E-state index contributed by atoms with van der Waals surface area (Å²) in [6, 6.07) is 0. The van der Waals surface area contributed by atoms with Crippen LogP contribution in [0, 0.1) is 4.77 Å². The molecule has 0 radical (unpaired) electrons. The van der Waals surface area contributed by atoms with Crippen molar-refractivity contribution in [1.29, 1.82) is 0 Å². The minimum atomic E-state index is -0.332. The molecule has 0 spiro atoms. The van der Waals surface area contributed by atoms with Crippen LogP contribution in [0.3, 0.4) is 0 Å². The van der Waals surface area contributed by atoms with Crippen molar-refractivity contribution in [2.24, 2.45) is 19.1 Å². The van der Waals surface area contributed by atoms with Crippen molar-refractivity contribution < 1.29 is 5.11 Å². The second kappa shape index (κ2) is 6.97. The molecule has 0 aliphatic carbocycles. The van der Waals surface area contributed by atoms with Gasteiger partial charge in [0.2, 0.25) is 5.88 Å². The first-order chi connectivity index (χ1) is 10.0. The molecule has 7 nitrogen and oxygen atoms in total. The number of hydrogen-bond acceptors (Lipinski definition) is 6. The predicted octanol–water partition coefficient (Wildman–Crippen LogP) is -0.517. The first-order valence-electron chi connectivity index (χ1n) is 6.94. The first kappa shape index (κ1) is 15.9. The maximum absolute atomic E-state index is 12.1. The fourth-order valence-electron chi connectivity index (χ4n) is 2.26. The van der Waals surface area contributed by atoms with Crippen LogP contribution in [0.2, 0.25) is 0 Å². The Morgan fingerprint density at radius 3 is 2.67 bits per heavy atom. The number of nitrogens with zero attached hydrogens (tertiary/aromatic N) is 4. The quantitative estimate of drug-likeness (QED) is 0.578. The van der Waals surface area contributed by atoms with Crippen LogP contribution in [0.1, 0.15) is 5.56 Å². The topological polar surface area (TPSA) is 74.8 Å². The van der Waals surface area contributed by atoms with Crippen molar-refractivity contribution in [1.82, 2.24) is 19.4 Å². The van der Waals surface area contributed by atoms with Crippen molar-refractivity contribution in [3.63, 3.8) is 0 Å². The van der Waals surface area contributed by atoms with E-state index in [0.29, 0.717) is 6.54 Å². The molecule has 1 fully saturated rings. The summed E-state index contributed by atoms with van der Waals surface area (Å²) >= 11 is 5.06. The zero-order valence-corrected chi connectivity index (χ0v) is 13.2. The lowest BCUT2D eigenvalue weighted by molar-refractivity contribution is 0.248. The summed E-state index contributed by atoms with van der Waals surface area (Å²) in [5.74, 6) is -0.144. The Morgan fingerprint density at radius 1 is 1.33 bits per heavy atom. The Bertz CT molecular complexity index is 643. The maximum Gasteiger partial charge on any atom is 0.266 e. The second-order valence-corrected chi connectivity index (χ2v) is 5.44. The van der Waals surface area contributed by atoms with Gasteiger partial charge in [0.1, 0.15) is 5.56 Å². The third-order valence-corrected chi connectivity index (χ3v) is 4.19. The summed E-state index contributed by atoms with van der Waals surface area (Å²) in [6.07, 6.45) is 1.44. The highest BCUT2D eigenvalue weighted by atomic mass is 32.1. The molecule has 21 heavy (non-hydrogen) atoms. The Morgan fingerprint density at radius 2 is 2.00 bits per heavy atom. The van der Waals surface area contributed by atoms with Crippen LogP contribution in [0.25, 0.3) is 0 Å². The van der Waals surface area contributed by atoms with Gasteiger partial charge in [-0.1, -0.05) is 0 Å². The molecule has 1 saturated heterocycles. The second-order valence-electron chi connectivity index (χ2n) is 5.07. The molecule has 1 aromatic rings. The van der Waals surface area contributed by atoms with Crippen LogP contribution in [0.4, 0.5) is 0 Å². The molecule has 0 aromatic carbocycles. The standard InChI is InChI=1S/C13H21N5O2S/c1-16-11(19)10(12(20)17(2)13(16)21)9-15-5-8-18-6-3-14-4-7-18/h9,14,19H,3-8H2,1-2H3. The van der Waals surface area contributed by atoms with Gasteiger partial charge in [0.15, 0.2) is 4.77 Å². The zero-order valence-electron chi connectivity index (χ0n) is 12.4. The van der Waals surface area contributed by atoms with Crippen molar-refractivity contribution in [3.8, 4) is 5.88 Å². The van der Waals surface area contributed by atoms with Crippen molar-refractivity contribution in [2.75, 3.05) is 39.3 Å². The van der Waals surface area contributed by atoms with Crippen molar-refractivity contribution in [2.45, 2.75) is 0 Å². The van der Waals surface area contributed by atoms with Gasteiger partial charge in [-0.2, -0.15) is 0 Å². The Hall–Kier alpha value is -1.51. The number of hydrogen-bond donors (Lipinski definition) is 2. The molecule has 0 saturated carbocycles. The number of rotatable bonds is 4. The molecule has 0 bridgehead atoms. The average Bonchev–Trinajstić information content (AvgIpc) is 2.51. The van der Waals surface area contributed by atoms with Gasteiger partial charge in [0.25, 0.3) is 5.56 Å². The molecule has 1 aromatic heterocycles. The molecule has 0 amide bonds. The molecule has 2 heterocycles. The van der Waals surface area contributed by atoms with Crippen LogP contribution in [0.5, 0.6) is 5.88 Å². The lowest BCUT2D eigenvalue weighted by Crippen LogP contribution is -2.44. The fraction of sp³-hybridized carbons (Fsp3) is 0.615. The third-order valence-electron chi connectivity index (χ3n) is 3.64. The average molecular weight is 311 g/mol. The van der Waals surface area contributed by atoms with Crippen molar-refractivity contribution >= 4 is 18.4 Å². The fourth-order valence-corrected chi connectivity index (χ4v) is 2.43. The Kier molecular flexibility index (Phi) is 5.27. The summed E-state index contributed by atoms with van der Waals surface area (Å²) < 4.78 is 3.00. The summed E-state index contributed by atoms with van der Waals surface area (Å²) in [6.45, 7) is 5.49. The minimum absolute atomic E-state index is 0.144. The van der Waals surface area contributed by atoms with Gasteiger partial charge in [0.05, 0.1) is 6.54 Å². The SMILES string of the molecule is Cn1c(O)c(C=NCCN2CCNCC2)c(=O)n(C)c1=S. The molecule has 1 aliphatic rings. The number of aromatic nitrogens is 2. The van der Waals surface area contributed by atoms with Gasteiger partial charge >= 0.3 is 0 Å². The monoisotopic (exact) mass is 311 g/mol. The highest BCUT2D eigenvalue weighted by Gasteiger charge is 2.11. The van der Waals surface area contributed by atoms with Crippen LogP contribution in [-0.4, -0.2) is 64.6 Å². The number of nitrogens with one attached hydrogen (secondary N) is 1. The Labute approximate surface area is 128 Å². The third kappa shape index (κ3) is 3.58. The Balaban J connectivity index is 2.07. The summed E-state index contributed by atoms with van der Waals surface area (Å²) in [7, 11) is 3.21. The van der Waals surface area contributed by atoms with Gasteiger partial charge in [-0.15, -0.1) is 0 Å². The zero-order chi connectivity index (χ0) is 15.4. The molecule has 116 valence electrons. The van der Waals surface area contributed by atoms with Gasteiger partial charge in [-0.05, 0) is 12.2 Å². The van der Waals surface area contributed by atoms with E-state index in [0.717, 1.165) is 32.7 Å². The van der Waals surface area contributed by atoms with Gasteiger partial charge in [0, 0.05) is 53.0 Å². The number of piperazine rings is 1. The molecular weight excluding hydrogens is 290 g/mol. The van der Waals surface area contributed by atoms with Gasteiger partial charge < -0.3 is 10.4 Å². The van der Waals surface area contributed by atoms with E-state index in [1.807, 2.05) is 0 Å². The predicted molar refractivity (Wildman–Crippen MR) is 84.9 cm³/mol. The van der Waals surface area contributed by atoms with Gasteiger partial charge in [-0.3, -0.25) is 23.8 Å². The summed E-state index contributed by atoms with van der Waals surface area (Å²) in [5, 5.41) is 13.3. The van der Waals surface area contributed by atoms with Crippen LogP contribution in [0.15, 0.2) is 9.79 Å². The summed E-state index contributed by atoms with van der Waals surface area (Å²) in [5.41, 5.74) is -0.157. The molecule has 2 rings (SSSR count). The lowest BCUT2D eigenvalue weighted by atomic mass is 10.3. The number of aromatic hydroxyl groups is 1. The molecule has 2 N–H and O–H groups in total. The van der Waals surface area contributed by atoms with E-state index < -0.39 is 0 Å². The van der Waals surface area contributed by atoms with Gasteiger partial charge in [-0.25, -0.2) is 0 Å². The molecule has 0 atom stereocenters. The minimum Gasteiger partial charge on any atom is -0.494 e. The van der Waals surface area contributed by atoms with Crippen LogP contribution in [-0.2, 0) is 14.1 Å². The largest absolute Gasteiger partial charge is 0.494 e. The lowest BCUT2D eigenvalue weighted by Gasteiger charge is -2.26. The molecule has 1 aliphatic heterocycles. The van der Waals surface area contributed by atoms with E-state index in [1.165, 1.54) is 15.3 Å². The smallest absolute Gasteiger partial charge is 0.266 e. The molecule has 8 heteroatoms. The van der Waals surface area contributed by atoms with Crippen LogP contribution >= 0.6 is 12.2 Å². The van der Waals surface area contributed by atoms with E-state index in [4.69, 9.17) is 12.2 Å². The van der Waals surface area contributed by atoms with E-state index >= 15 is 0 Å². The maximum atomic E-state index is 12.1. The highest BCUT2D eigenvalue weighted by molar-refractivity contribution is 7.71. The van der Waals surface area contributed by atoms with E-state index in [-0.39, 0.29) is 21.8 Å². The molecule has 0 unspecified atom stereocenters. The molecular formula is C13H21N5O2S. The van der Waals surface area contributed by atoms with E-state index in [2.05, 4.69) is 15.2 Å². The first-order valence-corrected chi connectivity index (χ1v) is 7.35. The normalized spacial score (nSPS) is 16.7. The summed E-state index contributed by atoms with van der Waals surface area (Å²) in [4.78, 5) is 18.7. The highest BCUT2D eigenvalue weighted by Crippen LogP contribution is 2.09. The van der Waals surface area contributed by atoms with E-state index in [9.17, 15) is 9.90 Å².